The van der Waals surface area contributed by atoms with Crippen LogP contribution in [0.3, 0.4) is 0 Å². The van der Waals surface area contributed by atoms with E-state index in [1.165, 1.54) is 38.1 Å². The molecular weight excluding hydrogens is 781 g/mol. The number of para-hydroxylation sites is 1. The zero-order valence-corrected chi connectivity index (χ0v) is 34.5. The third-order valence-electron chi connectivity index (χ3n) is 12.6. The van der Waals surface area contributed by atoms with Gasteiger partial charge in [-0.05, 0) is 86.3 Å². The van der Waals surface area contributed by atoms with Crippen molar-refractivity contribution in [2.45, 2.75) is 0 Å². The van der Waals surface area contributed by atoms with Gasteiger partial charge in [0.2, 0.25) is 0 Å². The largest absolute Gasteiger partial charge is 0.456 e. The molecule has 0 radical (unpaired) electrons. The Hall–Kier alpha value is -8.67. The molecule has 0 aliphatic rings. The van der Waals surface area contributed by atoms with Crippen LogP contribution in [0.15, 0.2) is 223 Å². The number of hydrogen-bond donors (Lipinski definition) is 0. The molecule has 0 unspecified atom stereocenters. The molecule has 5 heteroatoms. The van der Waals surface area contributed by atoms with Gasteiger partial charge in [-0.2, -0.15) is 0 Å². The van der Waals surface area contributed by atoms with E-state index >= 15 is 0 Å². The first-order valence-electron chi connectivity index (χ1n) is 21.6. The topological polar surface area (TPSA) is 56.7 Å². The second kappa shape index (κ2) is 14.5. The molecule has 0 aliphatic heterocycles. The molecule has 0 N–H and O–H groups in total. The minimum absolute atomic E-state index is 0.579. The highest BCUT2D eigenvalue weighted by Gasteiger charge is 2.21. The Morgan fingerprint density at radius 3 is 1.61 bits per heavy atom. The fourth-order valence-electron chi connectivity index (χ4n) is 9.55. The summed E-state index contributed by atoms with van der Waals surface area (Å²) in [6, 6.07) is 76.9. The molecule has 0 amide bonds. The first kappa shape index (κ1) is 36.0. The fourth-order valence-corrected chi connectivity index (χ4v) is 9.55. The van der Waals surface area contributed by atoms with Gasteiger partial charge in [-0.3, -0.25) is 0 Å². The highest BCUT2D eigenvalue weighted by atomic mass is 16.3. The summed E-state index contributed by atoms with van der Waals surface area (Å²) >= 11 is 0. The summed E-state index contributed by atoms with van der Waals surface area (Å²) in [4.78, 5) is 15.3. The lowest BCUT2D eigenvalue weighted by Crippen LogP contribution is -2.00. The predicted molar refractivity (Wildman–Crippen MR) is 264 cm³/mol. The molecule has 0 atom stereocenters. The van der Waals surface area contributed by atoms with Gasteiger partial charge in [-0.25, -0.2) is 15.0 Å². The van der Waals surface area contributed by atoms with E-state index in [1.54, 1.807) is 0 Å². The third kappa shape index (κ3) is 5.90. The summed E-state index contributed by atoms with van der Waals surface area (Å²) in [5.74, 6) is 1.80. The summed E-state index contributed by atoms with van der Waals surface area (Å²) in [5.41, 5.74) is 12.3. The number of benzene rings is 10. The lowest BCUT2D eigenvalue weighted by molar-refractivity contribution is 0.668. The Morgan fingerprint density at radius 1 is 0.312 bits per heavy atom. The minimum atomic E-state index is 0.579. The maximum absolute atomic E-state index is 6.79. The van der Waals surface area contributed by atoms with Gasteiger partial charge >= 0.3 is 0 Å². The van der Waals surface area contributed by atoms with Gasteiger partial charge in [-0.15, -0.1) is 0 Å². The van der Waals surface area contributed by atoms with Gasteiger partial charge in [-0.1, -0.05) is 170 Å². The number of aromatic nitrogens is 4. The van der Waals surface area contributed by atoms with Crippen LogP contribution < -0.4 is 0 Å². The van der Waals surface area contributed by atoms with Crippen molar-refractivity contribution in [1.82, 2.24) is 19.5 Å². The van der Waals surface area contributed by atoms with E-state index in [-0.39, 0.29) is 0 Å². The Balaban J connectivity index is 0.954. The van der Waals surface area contributed by atoms with Crippen molar-refractivity contribution < 1.29 is 4.42 Å². The monoisotopic (exact) mass is 816 g/mol. The maximum Gasteiger partial charge on any atom is 0.164 e. The van der Waals surface area contributed by atoms with Crippen molar-refractivity contribution in [3.05, 3.63) is 218 Å². The normalized spacial score (nSPS) is 11.8. The molecule has 0 bridgehead atoms. The van der Waals surface area contributed by atoms with Crippen LogP contribution in [0.4, 0.5) is 0 Å². The average Bonchev–Trinajstić information content (AvgIpc) is 3.90. The minimum Gasteiger partial charge on any atom is -0.456 e. The highest BCUT2D eigenvalue weighted by Crippen LogP contribution is 2.44. The molecule has 0 saturated carbocycles. The number of fused-ring (bicyclic) bond motifs is 8. The van der Waals surface area contributed by atoms with Gasteiger partial charge in [0.05, 0.1) is 11.0 Å². The predicted octanol–water partition coefficient (Wildman–Crippen LogP) is 15.5. The van der Waals surface area contributed by atoms with Crippen LogP contribution in [0.5, 0.6) is 0 Å². The van der Waals surface area contributed by atoms with Crippen molar-refractivity contribution in [1.29, 1.82) is 0 Å². The number of nitrogens with zero attached hydrogens (tertiary/aromatic N) is 4. The van der Waals surface area contributed by atoms with Crippen LogP contribution in [-0.4, -0.2) is 19.5 Å². The zero-order chi connectivity index (χ0) is 42.1. The van der Waals surface area contributed by atoms with Crippen molar-refractivity contribution >= 4 is 65.3 Å². The van der Waals surface area contributed by atoms with Gasteiger partial charge in [0, 0.05) is 50.0 Å². The van der Waals surface area contributed by atoms with Crippen LogP contribution in [0.25, 0.3) is 127 Å². The van der Waals surface area contributed by atoms with E-state index in [0.717, 1.165) is 71.9 Å². The standard InChI is InChI=1S/C59H36N4O/c1-3-13-37(14-4-1)39-23-26-41(27-24-39)57-60-58(44-28-25-38-15-7-8-18-42(38)33-44)62-59(61-57)45-29-31-48-49-32-30-46(36-54(49)64-53(48)35-45)63-51-22-12-11-21-50(51)56-52(63)34-43-19-9-10-20-47(43)55(56)40-16-5-2-6-17-40/h1-36H. The van der Waals surface area contributed by atoms with E-state index in [4.69, 9.17) is 19.4 Å². The molecule has 5 nitrogen and oxygen atoms in total. The molecule has 3 heterocycles. The van der Waals surface area contributed by atoms with Crippen molar-refractivity contribution in [3.8, 4) is 62.1 Å². The maximum atomic E-state index is 6.79. The van der Waals surface area contributed by atoms with Crippen molar-refractivity contribution in [3.63, 3.8) is 0 Å². The van der Waals surface area contributed by atoms with Crippen LogP contribution in [0, 0.1) is 0 Å². The smallest absolute Gasteiger partial charge is 0.164 e. The SMILES string of the molecule is c1ccc(-c2ccc(-c3nc(-c4ccc5ccccc5c4)nc(-c4ccc5c(c4)oc4cc(-n6c7ccccc7c7c(-c8ccccc8)c8ccccc8cc76)ccc45)n3)cc2)cc1. The molecule has 0 aliphatic carbocycles. The second-order valence-corrected chi connectivity index (χ2v) is 16.4. The summed E-state index contributed by atoms with van der Waals surface area (Å²) in [6.07, 6.45) is 0. The van der Waals surface area contributed by atoms with E-state index in [0.29, 0.717) is 17.5 Å². The number of furan rings is 1. The third-order valence-corrected chi connectivity index (χ3v) is 12.6. The Morgan fingerprint density at radius 2 is 0.844 bits per heavy atom. The van der Waals surface area contributed by atoms with Crippen LogP contribution in [-0.2, 0) is 0 Å². The lowest BCUT2D eigenvalue weighted by atomic mass is 9.93. The highest BCUT2D eigenvalue weighted by molar-refractivity contribution is 6.23. The molecule has 298 valence electrons. The first-order valence-corrected chi connectivity index (χ1v) is 21.6. The molecule has 3 aromatic heterocycles. The van der Waals surface area contributed by atoms with Crippen LogP contribution >= 0.6 is 0 Å². The van der Waals surface area contributed by atoms with Crippen molar-refractivity contribution in [2.75, 3.05) is 0 Å². The van der Waals surface area contributed by atoms with E-state index < -0.39 is 0 Å². The van der Waals surface area contributed by atoms with Crippen LogP contribution in [0.2, 0.25) is 0 Å². The molecule has 0 fully saturated rings. The van der Waals surface area contributed by atoms with Crippen molar-refractivity contribution in [2.24, 2.45) is 0 Å². The van der Waals surface area contributed by atoms with Gasteiger partial charge in [0.25, 0.3) is 0 Å². The summed E-state index contributed by atoms with van der Waals surface area (Å²) < 4.78 is 9.17. The Labute approximate surface area is 368 Å². The second-order valence-electron chi connectivity index (χ2n) is 16.4. The molecule has 64 heavy (non-hydrogen) atoms. The van der Waals surface area contributed by atoms with Gasteiger partial charge < -0.3 is 8.98 Å². The van der Waals surface area contributed by atoms with E-state index in [2.05, 4.69) is 217 Å². The number of rotatable bonds is 6. The molecule has 0 spiro atoms. The first-order chi connectivity index (χ1) is 31.7. The zero-order valence-electron chi connectivity index (χ0n) is 34.5. The van der Waals surface area contributed by atoms with Crippen LogP contribution in [0.1, 0.15) is 0 Å². The average molecular weight is 817 g/mol. The Kier molecular flexibility index (Phi) is 8.15. The summed E-state index contributed by atoms with van der Waals surface area (Å²) in [5, 5.41) is 9.26. The molecule has 0 saturated heterocycles. The van der Waals surface area contributed by atoms with Gasteiger partial charge in [0.15, 0.2) is 17.5 Å². The summed E-state index contributed by atoms with van der Waals surface area (Å²) in [6.45, 7) is 0. The molecule has 13 aromatic rings. The fraction of sp³-hybridized carbons (Fsp3) is 0. The quantitative estimate of drug-likeness (QED) is 0.168. The lowest BCUT2D eigenvalue weighted by Gasteiger charge is -2.12. The molecular formula is C59H36N4O. The van der Waals surface area contributed by atoms with Gasteiger partial charge in [0.1, 0.15) is 11.2 Å². The number of hydrogen-bond acceptors (Lipinski definition) is 4. The molecule has 10 aromatic carbocycles. The van der Waals surface area contributed by atoms with E-state index in [1.807, 2.05) is 6.07 Å². The van der Waals surface area contributed by atoms with E-state index in [9.17, 15) is 0 Å². The molecule has 13 rings (SSSR count). The Bertz CT molecular complexity index is 3940. The summed E-state index contributed by atoms with van der Waals surface area (Å²) in [7, 11) is 0.